The molecule has 0 radical (unpaired) electrons. The molecule has 0 spiro atoms. The summed E-state index contributed by atoms with van der Waals surface area (Å²) in [6.07, 6.45) is 6.26. The quantitative estimate of drug-likeness (QED) is 0.863. The minimum absolute atomic E-state index is 0.177. The molecule has 0 aliphatic heterocycles. The van der Waals surface area contributed by atoms with Crippen LogP contribution in [0.4, 0.5) is 10.9 Å². The molecule has 0 saturated carbocycles. The number of anilines is 2. The van der Waals surface area contributed by atoms with Gasteiger partial charge in [-0.25, -0.2) is 14.8 Å². The third-order valence-electron chi connectivity index (χ3n) is 2.86. The maximum atomic E-state index is 11.4. The standard InChI is InChI=1S/C12H12N4O2S/c1-18-11(17)8-5-13-6-10(14-8)16-12-15-7-3-2-4-9(7)19-12/h5-6H,2-4H2,1H3,(H,14,15,16). The first-order chi connectivity index (χ1) is 9.26. The van der Waals surface area contributed by atoms with Crippen LogP contribution >= 0.6 is 11.3 Å². The Hall–Kier alpha value is -2.02. The van der Waals surface area contributed by atoms with Crippen molar-refractivity contribution in [2.75, 3.05) is 12.4 Å². The van der Waals surface area contributed by atoms with Gasteiger partial charge in [0.05, 0.1) is 25.2 Å². The molecule has 0 bridgehead atoms. The molecule has 2 heterocycles. The van der Waals surface area contributed by atoms with E-state index in [2.05, 4.69) is 25.0 Å². The molecule has 1 aliphatic carbocycles. The highest BCUT2D eigenvalue weighted by Crippen LogP contribution is 2.31. The fourth-order valence-electron chi connectivity index (χ4n) is 1.98. The predicted octanol–water partition coefficient (Wildman–Crippen LogP) is 1.95. The number of aromatic nitrogens is 3. The van der Waals surface area contributed by atoms with E-state index < -0.39 is 5.97 Å². The molecule has 2 aromatic heterocycles. The van der Waals surface area contributed by atoms with Crippen molar-refractivity contribution in [2.24, 2.45) is 0 Å². The highest BCUT2D eigenvalue weighted by atomic mass is 32.1. The van der Waals surface area contributed by atoms with Crippen LogP contribution in [0.5, 0.6) is 0 Å². The maximum absolute atomic E-state index is 11.4. The van der Waals surface area contributed by atoms with Crippen molar-refractivity contribution in [1.82, 2.24) is 15.0 Å². The van der Waals surface area contributed by atoms with Gasteiger partial charge in [-0.3, -0.25) is 4.98 Å². The van der Waals surface area contributed by atoms with E-state index in [4.69, 9.17) is 0 Å². The van der Waals surface area contributed by atoms with Gasteiger partial charge in [-0.05, 0) is 19.3 Å². The van der Waals surface area contributed by atoms with Gasteiger partial charge in [-0.2, -0.15) is 0 Å². The molecule has 98 valence electrons. The number of hydrogen-bond donors (Lipinski definition) is 1. The molecule has 19 heavy (non-hydrogen) atoms. The third kappa shape index (κ3) is 2.41. The normalized spacial score (nSPS) is 13.1. The van der Waals surface area contributed by atoms with Crippen LogP contribution in [0.3, 0.4) is 0 Å². The van der Waals surface area contributed by atoms with E-state index in [0.717, 1.165) is 18.0 Å². The molecule has 7 heteroatoms. The molecule has 0 amide bonds. The Bertz CT molecular complexity index is 604. The summed E-state index contributed by atoms with van der Waals surface area (Å²) in [5.41, 5.74) is 1.35. The number of rotatable bonds is 3. The monoisotopic (exact) mass is 276 g/mol. The average Bonchev–Trinajstić information content (AvgIpc) is 2.99. The van der Waals surface area contributed by atoms with Gasteiger partial charge in [0.1, 0.15) is 0 Å². The van der Waals surface area contributed by atoms with Crippen LogP contribution in [-0.4, -0.2) is 28.0 Å². The van der Waals surface area contributed by atoms with Crippen LogP contribution in [0.15, 0.2) is 12.4 Å². The SMILES string of the molecule is COC(=O)c1cncc(Nc2nc3c(s2)CCC3)n1. The van der Waals surface area contributed by atoms with Crippen molar-refractivity contribution in [3.63, 3.8) is 0 Å². The maximum Gasteiger partial charge on any atom is 0.358 e. The molecular weight excluding hydrogens is 264 g/mol. The van der Waals surface area contributed by atoms with E-state index in [0.29, 0.717) is 5.82 Å². The second-order valence-corrected chi connectivity index (χ2v) is 5.23. The first-order valence-corrected chi connectivity index (χ1v) is 6.74. The molecule has 1 N–H and O–H groups in total. The molecular formula is C12H12N4O2S. The van der Waals surface area contributed by atoms with Crippen molar-refractivity contribution in [2.45, 2.75) is 19.3 Å². The Labute approximate surface area is 113 Å². The second kappa shape index (κ2) is 4.93. The number of ether oxygens (including phenoxy) is 1. The Morgan fingerprint density at radius 1 is 1.37 bits per heavy atom. The molecule has 0 atom stereocenters. The van der Waals surface area contributed by atoms with Gasteiger partial charge in [0.25, 0.3) is 0 Å². The number of nitrogens with zero attached hydrogens (tertiary/aromatic N) is 3. The summed E-state index contributed by atoms with van der Waals surface area (Å²) < 4.78 is 4.61. The number of nitrogens with one attached hydrogen (secondary N) is 1. The zero-order valence-corrected chi connectivity index (χ0v) is 11.2. The van der Waals surface area contributed by atoms with Crippen LogP contribution in [0.2, 0.25) is 0 Å². The largest absolute Gasteiger partial charge is 0.464 e. The number of thiazole rings is 1. The highest BCUT2D eigenvalue weighted by Gasteiger charge is 2.17. The van der Waals surface area contributed by atoms with Gasteiger partial charge in [0, 0.05) is 4.88 Å². The lowest BCUT2D eigenvalue weighted by Crippen LogP contribution is -2.06. The number of fused-ring (bicyclic) bond motifs is 1. The van der Waals surface area contributed by atoms with E-state index in [1.807, 2.05) is 0 Å². The molecule has 6 nitrogen and oxygen atoms in total. The Kier molecular flexibility index (Phi) is 3.12. The van der Waals surface area contributed by atoms with Gasteiger partial charge in [0.2, 0.25) is 0 Å². The number of aryl methyl sites for hydroxylation is 2. The lowest BCUT2D eigenvalue weighted by Gasteiger charge is -2.03. The van der Waals surface area contributed by atoms with Crippen LogP contribution in [0.25, 0.3) is 0 Å². The summed E-state index contributed by atoms with van der Waals surface area (Å²) in [7, 11) is 1.31. The third-order valence-corrected chi connectivity index (χ3v) is 3.93. The fraction of sp³-hybridized carbons (Fsp3) is 0.333. The summed E-state index contributed by atoms with van der Waals surface area (Å²) in [5.74, 6) is -0.00638. The zero-order valence-electron chi connectivity index (χ0n) is 10.3. The number of hydrogen-bond acceptors (Lipinski definition) is 7. The number of carbonyl (C=O) groups excluding carboxylic acids is 1. The summed E-state index contributed by atoms with van der Waals surface area (Å²) in [4.78, 5) is 25.3. The summed E-state index contributed by atoms with van der Waals surface area (Å²) >= 11 is 1.63. The highest BCUT2D eigenvalue weighted by molar-refractivity contribution is 7.15. The summed E-state index contributed by atoms with van der Waals surface area (Å²) in [5, 5.41) is 3.87. The average molecular weight is 276 g/mol. The van der Waals surface area contributed by atoms with Crippen molar-refractivity contribution in [3.8, 4) is 0 Å². The number of methoxy groups -OCH3 is 1. The minimum Gasteiger partial charge on any atom is -0.464 e. The summed E-state index contributed by atoms with van der Waals surface area (Å²) in [6, 6.07) is 0. The van der Waals surface area contributed by atoms with E-state index in [1.54, 1.807) is 17.5 Å². The van der Waals surface area contributed by atoms with E-state index in [-0.39, 0.29) is 5.69 Å². The fourth-order valence-corrected chi connectivity index (χ4v) is 3.04. The van der Waals surface area contributed by atoms with E-state index in [9.17, 15) is 4.79 Å². The van der Waals surface area contributed by atoms with E-state index >= 15 is 0 Å². The van der Waals surface area contributed by atoms with Gasteiger partial charge in [0.15, 0.2) is 16.6 Å². The topological polar surface area (TPSA) is 77.0 Å². The Morgan fingerprint density at radius 2 is 2.26 bits per heavy atom. The molecule has 0 saturated heterocycles. The molecule has 0 fully saturated rings. The lowest BCUT2D eigenvalue weighted by molar-refractivity contribution is 0.0593. The molecule has 1 aliphatic rings. The molecule has 0 aromatic carbocycles. The lowest BCUT2D eigenvalue weighted by atomic mass is 10.4. The Morgan fingerprint density at radius 3 is 3.05 bits per heavy atom. The summed E-state index contributed by atoms with van der Waals surface area (Å²) in [6.45, 7) is 0. The van der Waals surface area contributed by atoms with Crippen molar-refractivity contribution in [1.29, 1.82) is 0 Å². The Balaban J connectivity index is 1.80. The first kappa shape index (κ1) is 12.0. The van der Waals surface area contributed by atoms with Gasteiger partial charge < -0.3 is 10.1 Å². The van der Waals surface area contributed by atoms with Crippen LogP contribution in [-0.2, 0) is 17.6 Å². The van der Waals surface area contributed by atoms with Gasteiger partial charge >= 0.3 is 5.97 Å². The van der Waals surface area contributed by atoms with Crippen molar-refractivity contribution >= 4 is 28.3 Å². The van der Waals surface area contributed by atoms with Crippen LogP contribution in [0.1, 0.15) is 27.5 Å². The smallest absolute Gasteiger partial charge is 0.358 e. The van der Waals surface area contributed by atoms with Crippen molar-refractivity contribution < 1.29 is 9.53 Å². The second-order valence-electron chi connectivity index (χ2n) is 4.15. The first-order valence-electron chi connectivity index (χ1n) is 5.92. The predicted molar refractivity (Wildman–Crippen MR) is 70.8 cm³/mol. The minimum atomic E-state index is -0.502. The van der Waals surface area contributed by atoms with Crippen molar-refractivity contribution in [3.05, 3.63) is 28.7 Å². The molecule has 2 aromatic rings. The molecule has 0 unspecified atom stereocenters. The van der Waals surface area contributed by atoms with Crippen LogP contribution in [0, 0.1) is 0 Å². The van der Waals surface area contributed by atoms with Gasteiger partial charge in [-0.15, -0.1) is 11.3 Å². The molecule has 3 rings (SSSR count). The van der Waals surface area contributed by atoms with Gasteiger partial charge in [-0.1, -0.05) is 0 Å². The zero-order chi connectivity index (χ0) is 13.2. The number of esters is 1. The van der Waals surface area contributed by atoms with Crippen LogP contribution < -0.4 is 5.32 Å². The van der Waals surface area contributed by atoms with E-state index in [1.165, 1.54) is 30.3 Å². The number of carbonyl (C=O) groups is 1.